The summed E-state index contributed by atoms with van der Waals surface area (Å²) in [5, 5.41) is 2.91. The number of halogens is 2. The van der Waals surface area contributed by atoms with Crippen LogP contribution in [0.25, 0.3) is 22.3 Å². The van der Waals surface area contributed by atoms with Crippen LogP contribution in [-0.2, 0) is 9.47 Å². The summed E-state index contributed by atoms with van der Waals surface area (Å²) in [6.45, 7) is 12.2. The van der Waals surface area contributed by atoms with E-state index in [1.54, 1.807) is 106 Å². The molecule has 6 rings (SSSR count). The molecule has 2 fully saturated rings. The average molecular weight is 799 g/mol. The number of anilines is 1. The van der Waals surface area contributed by atoms with Crippen molar-refractivity contribution in [2.45, 2.75) is 77.8 Å². The van der Waals surface area contributed by atoms with Crippen LogP contribution >= 0.6 is 0 Å². The third-order valence-corrected chi connectivity index (χ3v) is 9.35. The minimum atomic E-state index is -1.07. The largest absolute Gasteiger partial charge is 0.488 e. The van der Waals surface area contributed by atoms with Crippen molar-refractivity contribution in [3.63, 3.8) is 0 Å². The number of primary amides is 1. The van der Waals surface area contributed by atoms with Crippen LogP contribution in [0, 0.1) is 11.6 Å². The van der Waals surface area contributed by atoms with Crippen molar-refractivity contribution in [3.05, 3.63) is 102 Å². The van der Waals surface area contributed by atoms with Crippen molar-refractivity contribution >= 4 is 29.7 Å². The molecule has 0 bridgehead atoms. The first-order chi connectivity index (χ1) is 27.3. The zero-order valence-corrected chi connectivity index (χ0v) is 33.4. The van der Waals surface area contributed by atoms with Gasteiger partial charge in [-0.3, -0.25) is 9.59 Å². The predicted molar refractivity (Wildman–Crippen MR) is 214 cm³/mol. The lowest BCUT2D eigenvalue weighted by Gasteiger charge is -2.24. The lowest BCUT2D eigenvalue weighted by atomic mass is 10.00. The molecule has 58 heavy (non-hydrogen) atoms. The minimum absolute atomic E-state index is 0.194. The summed E-state index contributed by atoms with van der Waals surface area (Å²) in [7, 11) is 0. The van der Waals surface area contributed by atoms with Gasteiger partial charge in [-0.15, -0.1) is 0 Å². The molecule has 306 valence electrons. The van der Waals surface area contributed by atoms with Crippen LogP contribution in [0.2, 0.25) is 0 Å². The average Bonchev–Trinajstić information content (AvgIpc) is 3.83. The Balaban J connectivity index is 1.26. The summed E-state index contributed by atoms with van der Waals surface area (Å²) < 4.78 is 52.3. The SMILES string of the molecule is CC(C)(C)OC(=O)N1CC[C@H](Oc2ccc(NC(=O)c3ccc(O[C@H]4CCN(C(=O)OC(C)(C)C)C4)c(-c4ccc(F)c(F)c4)c3)cc2-c2cccc(C(N)=O)c2)C1. The lowest BCUT2D eigenvalue weighted by Crippen LogP contribution is -2.36. The van der Waals surface area contributed by atoms with Crippen LogP contribution in [0.4, 0.5) is 24.1 Å². The van der Waals surface area contributed by atoms with E-state index in [2.05, 4.69) is 5.32 Å². The second-order valence-electron chi connectivity index (χ2n) is 16.4. The third-order valence-electron chi connectivity index (χ3n) is 9.35. The third kappa shape index (κ3) is 10.4. The Morgan fingerprint density at radius 2 is 1.21 bits per heavy atom. The van der Waals surface area contributed by atoms with E-state index < -0.39 is 52.9 Å². The Labute approximate surface area is 336 Å². The van der Waals surface area contributed by atoms with Crippen molar-refractivity contribution in [2.24, 2.45) is 5.73 Å². The van der Waals surface area contributed by atoms with Crippen LogP contribution in [-0.4, -0.2) is 83.4 Å². The summed E-state index contributed by atoms with van der Waals surface area (Å²) in [5.74, 6) is -2.46. The molecule has 14 heteroatoms. The van der Waals surface area contributed by atoms with E-state index in [1.807, 2.05) is 0 Å². The molecule has 3 N–H and O–H groups in total. The Bertz CT molecular complexity index is 2220. The van der Waals surface area contributed by atoms with E-state index in [-0.39, 0.29) is 29.3 Å². The van der Waals surface area contributed by atoms with Gasteiger partial charge in [-0.2, -0.15) is 0 Å². The van der Waals surface area contributed by atoms with Crippen molar-refractivity contribution < 1.29 is 46.9 Å². The van der Waals surface area contributed by atoms with Gasteiger partial charge >= 0.3 is 12.2 Å². The fraction of sp³-hybridized carbons (Fsp3) is 0.364. The summed E-state index contributed by atoms with van der Waals surface area (Å²) in [6, 6.07) is 19.9. The van der Waals surface area contributed by atoms with Gasteiger partial charge in [-0.05, 0) is 113 Å². The maximum Gasteiger partial charge on any atom is 0.410 e. The number of nitrogens with one attached hydrogen (secondary N) is 1. The second-order valence-corrected chi connectivity index (χ2v) is 16.4. The molecule has 2 heterocycles. The maximum absolute atomic E-state index is 14.5. The molecule has 0 spiro atoms. The predicted octanol–water partition coefficient (Wildman–Crippen LogP) is 8.43. The van der Waals surface area contributed by atoms with E-state index in [1.165, 1.54) is 12.1 Å². The number of likely N-dealkylation sites (tertiary alicyclic amines) is 2. The van der Waals surface area contributed by atoms with E-state index >= 15 is 0 Å². The van der Waals surface area contributed by atoms with Gasteiger partial charge in [0, 0.05) is 53.9 Å². The Hall–Kier alpha value is -6.18. The highest BCUT2D eigenvalue weighted by molar-refractivity contribution is 6.05. The van der Waals surface area contributed by atoms with Gasteiger partial charge in [0.1, 0.15) is 34.9 Å². The van der Waals surface area contributed by atoms with Crippen LogP contribution in [0.5, 0.6) is 11.5 Å². The molecule has 0 aliphatic carbocycles. The highest BCUT2D eigenvalue weighted by Crippen LogP contribution is 2.37. The van der Waals surface area contributed by atoms with Gasteiger partial charge in [-0.25, -0.2) is 18.4 Å². The van der Waals surface area contributed by atoms with Crippen molar-refractivity contribution in [1.29, 1.82) is 0 Å². The van der Waals surface area contributed by atoms with Crippen molar-refractivity contribution in [2.75, 3.05) is 31.5 Å². The molecule has 2 aliphatic heterocycles. The standard InChI is InChI=1S/C44H48F2N4O8/c1-43(2,3)57-41(53)49-18-16-31(24-49)55-37-14-11-29(21-33(37)27-10-13-35(45)36(46)22-27)40(52)48-30-12-15-38(34(23-30)26-8-7-9-28(20-26)39(47)51)56-32-17-19-50(25-32)42(54)58-44(4,5)6/h7-15,20-23,31-32H,16-19,24-25H2,1-6H3,(H2,47,51)(H,48,52)/t31-,32-/m0/s1. The summed E-state index contributed by atoms with van der Waals surface area (Å²) in [5.41, 5.74) is 6.92. The first-order valence-electron chi connectivity index (χ1n) is 19.1. The van der Waals surface area contributed by atoms with E-state index in [0.717, 1.165) is 12.1 Å². The highest BCUT2D eigenvalue weighted by Gasteiger charge is 2.33. The van der Waals surface area contributed by atoms with Gasteiger partial charge in [0.15, 0.2) is 11.6 Å². The Kier molecular flexibility index (Phi) is 12.0. The van der Waals surface area contributed by atoms with E-state index in [9.17, 15) is 28.0 Å². The maximum atomic E-state index is 14.5. The normalized spacial score (nSPS) is 16.8. The molecule has 0 aromatic heterocycles. The van der Waals surface area contributed by atoms with Crippen LogP contribution in [0.15, 0.2) is 78.9 Å². The van der Waals surface area contributed by atoms with Crippen LogP contribution < -0.4 is 20.5 Å². The number of nitrogens with zero attached hydrogens (tertiary/aromatic N) is 2. The molecule has 12 nitrogen and oxygen atoms in total. The van der Waals surface area contributed by atoms with Crippen LogP contribution in [0.1, 0.15) is 75.1 Å². The molecule has 0 radical (unpaired) electrons. The smallest absolute Gasteiger partial charge is 0.410 e. The number of rotatable bonds is 9. The summed E-state index contributed by atoms with van der Waals surface area (Å²) >= 11 is 0. The second kappa shape index (κ2) is 16.7. The first kappa shape index (κ1) is 41.5. The molecule has 4 aromatic rings. The number of hydrogen-bond donors (Lipinski definition) is 2. The fourth-order valence-electron chi connectivity index (χ4n) is 6.64. The molecule has 0 saturated carbocycles. The number of ether oxygens (including phenoxy) is 4. The van der Waals surface area contributed by atoms with Crippen LogP contribution in [0.3, 0.4) is 0 Å². The Morgan fingerprint density at radius 1 is 0.655 bits per heavy atom. The molecule has 0 unspecified atom stereocenters. The zero-order valence-electron chi connectivity index (χ0n) is 33.4. The van der Waals surface area contributed by atoms with Gasteiger partial charge in [-0.1, -0.05) is 18.2 Å². The number of amides is 4. The number of benzene rings is 4. The Morgan fingerprint density at radius 3 is 1.76 bits per heavy atom. The van der Waals surface area contributed by atoms with Gasteiger partial charge < -0.3 is 39.8 Å². The molecule has 2 atom stereocenters. The molecule has 2 aliphatic rings. The van der Waals surface area contributed by atoms with Gasteiger partial charge in [0.05, 0.1) is 13.1 Å². The molecular formula is C44H48F2N4O8. The van der Waals surface area contributed by atoms with Crippen molar-refractivity contribution in [3.8, 4) is 33.8 Å². The van der Waals surface area contributed by atoms with Gasteiger partial charge in [0.2, 0.25) is 5.91 Å². The highest BCUT2D eigenvalue weighted by atomic mass is 19.2. The number of carbonyl (C=O) groups is 4. The van der Waals surface area contributed by atoms with E-state index in [4.69, 9.17) is 24.7 Å². The quantitative estimate of drug-likeness (QED) is 0.171. The number of nitrogens with two attached hydrogens (primary N) is 1. The summed E-state index contributed by atoms with van der Waals surface area (Å²) in [6.07, 6.45) is -0.605. The summed E-state index contributed by atoms with van der Waals surface area (Å²) in [4.78, 5) is 54.5. The monoisotopic (exact) mass is 798 g/mol. The molecular weight excluding hydrogens is 750 g/mol. The minimum Gasteiger partial charge on any atom is -0.488 e. The molecule has 4 amide bonds. The zero-order chi connectivity index (χ0) is 41.9. The number of carbonyl (C=O) groups excluding carboxylic acids is 4. The first-order valence-corrected chi connectivity index (χ1v) is 19.1. The fourth-order valence-corrected chi connectivity index (χ4v) is 6.64. The van der Waals surface area contributed by atoms with Gasteiger partial charge in [0.25, 0.3) is 5.91 Å². The lowest BCUT2D eigenvalue weighted by molar-refractivity contribution is 0.0266. The molecule has 2 saturated heterocycles. The topological polar surface area (TPSA) is 150 Å². The van der Waals surface area contributed by atoms with Crippen molar-refractivity contribution in [1.82, 2.24) is 9.80 Å². The van der Waals surface area contributed by atoms with E-state index in [0.29, 0.717) is 66.4 Å². The molecule has 4 aromatic carbocycles. The number of hydrogen-bond acceptors (Lipinski definition) is 8.